The fourth-order valence-electron chi connectivity index (χ4n) is 2.49. The smallest absolute Gasteiger partial charge is 0.251 e. The molecule has 3 rings (SSSR count). The van der Waals surface area contributed by atoms with Gasteiger partial charge in [0.15, 0.2) is 0 Å². The lowest BCUT2D eigenvalue weighted by atomic mass is 10.1. The summed E-state index contributed by atoms with van der Waals surface area (Å²) in [6.07, 6.45) is 5.64. The molecule has 0 unspecified atom stereocenters. The molecule has 0 aliphatic rings. The maximum absolute atomic E-state index is 12.4. The minimum absolute atomic E-state index is 0.106. The van der Waals surface area contributed by atoms with E-state index in [0.717, 1.165) is 22.2 Å². The molecule has 0 bridgehead atoms. The van der Waals surface area contributed by atoms with Crippen LogP contribution in [0.25, 0.3) is 10.9 Å². The Bertz CT molecular complexity index is 903. The second-order valence-corrected chi connectivity index (χ2v) is 5.62. The maximum Gasteiger partial charge on any atom is 0.251 e. The van der Waals surface area contributed by atoms with Crippen molar-refractivity contribution in [2.45, 2.75) is 13.5 Å². The van der Waals surface area contributed by atoms with E-state index in [1.807, 2.05) is 67.6 Å². The summed E-state index contributed by atoms with van der Waals surface area (Å²) in [5.74, 6) is 0.688. The van der Waals surface area contributed by atoms with Gasteiger partial charge in [0.05, 0.1) is 5.52 Å². The molecule has 0 aliphatic carbocycles. The molecule has 0 radical (unpaired) electrons. The van der Waals surface area contributed by atoms with E-state index in [4.69, 9.17) is 4.74 Å². The molecular formula is C21H20N2O2. The Balaban J connectivity index is 1.64. The molecule has 25 heavy (non-hydrogen) atoms. The Morgan fingerprint density at radius 3 is 2.96 bits per heavy atom. The lowest BCUT2D eigenvalue weighted by Gasteiger charge is -2.08. The van der Waals surface area contributed by atoms with E-state index < -0.39 is 0 Å². The summed E-state index contributed by atoms with van der Waals surface area (Å²) >= 11 is 0. The quantitative estimate of drug-likeness (QED) is 0.691. The zero-order valence-corrected chi connectivity index (χ0v) is 14.1. The summed E-state index contributed by atoms with van der Waals surface area (Å²) in [5, 5.41) is 3.90. The van der Waals surface area contributed by atoms with Crippen molar-refractivity contribution in [2.24, 2.45) is 0 Å². The minimum Gasteiger partial charge on any atom is -0.490 e. The number of hydrogen-bond acceptors (Lipinski definition) is 3. The van der Waals surface area contributed by atoms with E-state index in [1.165, 1.54) is 0 Å². The number of hydrogen-bond donors (Lipinski definition) is 1. The predicted octanol–water partition coefficient (Wildman–Crippen LogP) is 4.12. The van der Waals surface area contributed by atoms with E-state index in [0.29, 0.717) is 18.7 Å². The normalized spacial score (nSPS) is 10.9. The molecule has 1 amide bonds. The Kier molecular flexibility index (Phi) is 5.42. The van der Waals surface area contributed by atoms with Crippen molar-refractivity contribution in [2.75, 3.05) is 6.61 Å². The zero-order chi connectivity index (χ0) is 17.5. The van der Waals surface area contributed by atoms with Crippen molar-refractivity contribution in [1.29, 1.82) is 0 Å². The highest BCUT2D eigenvalue weighted by Gasteiger charge is 2.07. The molecule has 1 N–H and O–H groups in total. The number of pyridine rings is 1. The van der Waals surface area contributed by atoms with Crippen LogP contribution in [0, 0.1) is 0 Å². The van der Waals surface area contributed by atoms with Crippen LogP contribution in [0.4, 0.5) is 0 Å². The highest BCUT2D eigenvalue weighted by atomic mass is 16.5. The average molecular weight is 332 g/mol. The fourth-order valence-corrected chi connectivity index (χ4v) is 2.49. The fraction of sp³-hybridized carbons (Fsp3) is 0.143. The first-order chi connectivity index (χ1) is 12.3. The third-order valence-electron chi connectivity index (χ3n) is 3.80. The number of benzene rings is 2. The molecule has 0 aliphatic heterocycles. The molecule has 0 saturated carbocycles. The van der Waals surface area contributed by atoms with Crippen LogP contribution >= 0.6 is 0 Å². The number of nitrogens with zero attached hydrogens (tertiary/aromatic N) is 1. The summed E-state index contributed by atoms with van der Waals surface area (Å²) in [7, 11) is 0. The first kappa shape index (κ1) is 16.7. The van der Waals surface area contributed by atoms with E-state index in [2.05, 4.69) is 10.3 Å². The van der Waals surface area contributed by atoms with Gasteiger partial charge < -0.3 is 10.1 Å². The van der Waals surface area contributed by atoms with Crippen LogP contribution in [-0.2, 0) is 6.54 Å². The molecular weight excluding hydrogens is 312 g/mol. The Labute approximate surface area is 147 Å². The van der Waals surface area contributed by atoms with Gasteiger partial charge in [-0.1, -0.05) is 30.4 Å². The van der Waals surface area contributed by atoms with Gasteiger partial charge in [0.2, 0.25) is 0 Å². The topological polar surface area (TPSA) is 51.2 Å². The first-order valence-electron chi connectivity index (χ1n) is 8.22. The van der Waals surface area contributed by atoms with Crippen LogP contribution in [0.15, 0.2) is 72.9 Å². The van der Waals surface area contributed by atoms with Crippen molar-refractivity contribution >= 4 is 16.8 Å². The molecule has 0 spiro atoms. The average Bonchev–Trinajstić information content (AvgIpc) is 2.66. The lowest BCUT2D eigenvalue weighted by molar-refractivity contribution is 0.0951. The number of amides is 1. The van der Waals surface area contributed by atoms with Crippen LogP contribution in [0.1, 0.15) is 22.8 Å². The SMILES string of the molecule is C/C=C/COc1cccc(CNC(=O)c2ccc3ncccc3c2)c1. The zero-order valence-electron chi connectivity index (χ0n) is 14.1. The van der Waals surface area contributed by atoms with E-state index >= 15 is 0 Å². The number of carbonyl (C=O) groups excluding carboxylic acids is 1. The maximum atomic E-state index is 12.4. The van der Waals surface area contributed by atoms with Crippen molar-refractivity contribution in [3.05, 3.63) is 84.1 Å². The van der Waals surface area contributed by atoms with Gasteiger partial charge in [-0.3, -0.25) is 9.78 Å². The van der Waals surface area contributed by atoms with Crippen LogP contribution in [0.2, 0.25) is 0 Å². The van der Waals surface area contributed by atoms with Crippen molar-refractivity contribution < 1.29 is 9.53 Å². The summed E-state index contributed by atoms with van der Waals surface area (Å²) in [5.41, 5.74) is 2.50. The standard InChI is InChI=1S/C21H20N2O2/c1-2-3-12-25-19-8-4-6-16(13-19)15-23-21(24)18-9-10-20-17(14-18)7-5-11-22-20/h2-11,13-14H,12,15H2,1H3,(H,23,24)/b3-2+. The molecule has 4 heteroatoms. The largest absolute Gasteiger partial charge is 0.490 e. The van der Waals surface area contributed by atoms with Crippen molar-refractivity contribution in [3.63, 3.8) is 0 Å². The van der Waals surface area contributed by atoms with Gasteiger partial charge in [-0.15, -0.1) is 0 Å². The molecule has 2 aromatic carbocycles. The molecule has 0 atom stereocenters. The molecule has 126 valence electrons. The summed E-state index contributed by atoms with van der Waals surface area (Å²) in [6.45, 7) is 2.94. The number of aromatic nitrogens is 1. The number of rotatable bonds is 6. The Morgan fingerprint density at radius 2 is 2.08 bits per heavy atom. The molecule has 1 aromatic heterocycles. The van der Waals surface area contributed by atoms with Crippen LogP contribution in [-0.4, -0.2) is 17.5 Å². The summed E-state index contributed by atoms with van der Waals surface area (Å²) < 4.78 is 5.62. The van der Waals surface area contributed by atoms with Gasteiger partial charge in [-0.2, -0.15) is 0 Å². The van der Waals surface area contributed by atoms with E-state index in [9.17, 15) is 4.79 Å². The van der Waals surface area contributed by atoms with Gasteiger partial charge in [0, 0.05) is 23.7 Å². The number of allylic oxidation sites excluding steroid dienone is 1. The van der Waals surface area contributed by atoms with Gasteiger partial charge >= 0.3 is 0 Å². The monoisotopic (exact) mass is 332 g/mol. The minimum atomic E-state index is -0.106. The highest BCUT2D eigenvalue weighted by molar-refractivity contribution is 5.97. The van der Waals surface area contributed by atoms with Gasteiger partial charge in [0.1, 0.15) is 12.4 Å². The molecule has 1 heterocycles. The molecule has 0 saturated heterocycles. The number of ether oxygens (including phenoxy) is 1. The van der Waals surface area contributed by atoms with Gasteiger partial charge in [-0.25, -0.2) is 0 Å². The van der Waals surface area contributed by atoms with Crippen molar-refractivity contribution in [3.8, 4) is 5.75 Å². The van der Waals surface area contributed by atoms with Crippen LogP contribution in [0.3, 0.4) is 0 Å². The number of carbonyl (C=O) groups is 1. The Hall–Kier alpha value is -3.14. The van der Waals surface area contributed by atoms with Crippen molar-refractivity contribution in [1.82, 2.24) is 10.3 Å². The van der Waals surface area contributed by atoms with E-state index in [-0.39, 0.29) is 5.91 Å². The third kappa shape index (κ3) is 4.44. The third-order valence-corrected chi connectivity index (χ3v) is 3.80. The highest BCUT2D eigenvalue weighted by Crippen LogP contribution is 2.15. The summed E-state index contributed by atoms with van der Waals surface area (Å²) in [4.78, 5) is 16.7. The lowest BCUT2D eigenvalue weighted by Crippen LogP contribution is -2.22. The van der Waals surface area contributed by atoms with Crippen LogP contribution < -0.4 is 10.1 Å². The van der Waals surface area contributed by atoms with Gasteiger partial charge in [0.25, 0.3) is 5.91 Å². The molecule has 0 fully saturated rings. The van der Waals surface area contributed by atoms with Crippen LogP contribution in [0.5, 0.6) is 5.75 Å². The first-order valence-corrected chi connectivity index (χ1v) is 8.22. The number of fused-ring (bicyclic) bond motifs is 1. The predicted molar refractivity (Wildman–Crippen MR) is 99.7 cm³/mol. The molecule has 4 nitrogen and oxygen atoms in total. The van der Waals surface area contributed by atoms with Gasteiger partial charge in [-0.05, 0) is 48.9 Å². The second kappa shape index (κ2) is 8.11. The molecule has 3 aromatic rings. The second-order valence-electron chi connectivity index (χ2n) is 5.62. The number of nitrogens with one attached hydrogen (secondary N) is 1. The summed E-state index contributed by atoms with van der Waals surface area (Å²) in [6, 6.07) is 17.1. The van der Waals surface area contributed by atoms with E-state index in [1.54, 1.807) is 12.3 Å². The Morgan fingerprint density at radius 1 is 1.16 bits per heavy atom.